The Kier molecular flexibility index (Phi) is 9.56. The zero-order valence-electron chi connectivity index (χ0n) is 15.0. The van der Waals surface area contributed by atoms with E-state index in [1.807, 2.05) is 6.92 Å². The minimum Gasteiger partial charge on any atom is -0.464 e. The van der Waals surface area contributed by atoms with Crippen molar-refractivity contribution in [1.29, 1.82) is 0 Å². The standard InChI is InChI=1S/C17H28N2O4S/c1-5-7-8-13(6-2)16(20)19(9-10-22-3)11-15-18-14(12-24-15)17(21)23-4/h12-13H,5-11H2,1-4H3/t13-/m1/s1. The fourth-order valence-corrected chi connectivity index (χ4v) is 3.20. The fourth-order valence-electron chi connectivity index (χ4n) is 2.42. The third-order valence-electron chi connectivity index (χ3n) is 3.90. The van der Waals surface area contributed by atoms with E-state index >= 15 is 0 Å². The van der Waals surface area contributed by atoms with Crippen LogP contribution in [0, 0.1) is 5.92 Å². The lowest BCUT2D eigenvalue weighted by molar-refractivity contribution is -0.137. The number of unbranched alkanes of at least 4 members (excludes halogenated alkanes) is 1. The van der Waals surface area contributed by atoms with Crippen LogP contribution in [-0.4, -0.2) is 49.1 Å². The maximum Gasteiger partial charge on any atom is 0.357 e. The number of methoxy groups -OCH3 is 2. The maximum absolute atomic E-state index is 12.8. The molecule has 0 saturated carbocycles. The number of hydrogen-bond acceptors (Lipinski definition) is 6. The molecular formula is C17H28N2O4S. The molecule has 0 aliphatic carbocycles. The average Bonchev–Trinajstić information content (AvgIpc) is 3.06. The first-order valence-electron chi connectivity index (χ1n) is 8.37. The summed E-state index contributed by atoms with van der Waals surface area (Å²) in [4.78, 5) is 30.4. The molecule has 0 N–H and O–H groups in total. The van der Waals surface area contributed by atoms with Gasteiger partial charge in [0.25, 0.3) is 0 Å². The number of esters is 1. The molecule has 0 aromatic carbocycles. The van der Waals surface area contributed by atoms with Crippen molar-refractivity contribution >= 4 is 23.2 Å². The number of amides is 1. The van der Waals surface area contributed by atoms with E-state index in [4.69, 9.17) is 4.74 Å². The second-order valence-corrected chi connectivity index (χ2v) is 6.56. The molecule has 1 heterocycles. The molecule has 1 aromatic rings. The van der Waals surface area contributed by atoms with Crippen LogP contribution in [0.4, 0.5) is 0 Å². The first kappa shape index (κ1) is 20.6. The minimum atomic E-state index is -0.457. The molecule has 0 fully saturated rings. The first-order valence-corrected chi connectivity index (χ1v) is 9.25. The Balaban J connectivity index is 2.81. The van der Waals surface area contributed by atoms with Crippen LogP contribution in [-0.2, 0) is 20.8 Å². The minimum absolute atomic E-state index is 0.0295. The summed E-state index contributed by atoms with van der Waals surface area (Å²) in [5, 5.41) is 2.39. The van der Waals surface area contributed by atoms with Crippen LogP contribution in [0.2, 0.25) is 0 Å². The summed E-state index contributed by atoms with van der Waals surface area (Å²) in [5.74, 6) is -0.290. The van der Waals surface area contributed by atoms with Crippen LogP contribution in [0.25, 0.3) is 0 Å². The van der Waals surface area contributed by atoms with Gasteiger partial charge in [-0.05, 0) is 12.8 Å². The average molecular weight is 356 g/mol. The lowest BCUT2D eigenvalue weighted by Crippen LogP contribution is -2.37. The third kappa shape index (κ3) is 6.20. The molecule has 7 heteroatoms. The molecule has 0 radical (unpaired) electrons. The van der Waals surface area contributed by atoms with Crippen LogP contribution in [0.1, 0.15) is 55.0 Å². The largest absolute Gasteiger partial charge is 0.464 e. The summed E-state index contributed by atoms with van der Waals surface area (Å²) in [7, 11) is 2.95. The quantitative estimate of drug-likeness (QED) is 0.570. The number of thiazole rings is 1. The van der Waals surface area contributed by atoms with Crippen molar-refractivity contribution in [3.05, 3.63) is 16.1 Å². The summed E-state index contributed by atoms with van der Waals surface area (Å²) in [5.41, 5.74) is 0.287. The first-order chi connectivity index (χ1) is 11.6. The topological polar surface area (TPSA) is 68.7 Å². The summed E-state index contributed by atoms with van der Waals surface area (Å²) < 4.78 is 9.80. The van der Waals surface area contributed by atoms with Crippen molar-refractivity contribution in [3.8, 4) is 0 Å². The number of carbonyl (C=O) groups is 2. The molecule has 1 rings (SSSR count). The van der Waals surface area contributed by atoms with Gasteiger partial charge in [0.15, 0.2) is 5.69 Å². The van der Waals surface area contributed by atoms with Crippen molar-refractivity contribution < 1.29 is 19.1 Å². The zero-order valence-corrected chi connectivity index (χ0v) is 15.9. The van der Waals surface area contributed by atoms with Gasteiger partial charge in [-0.3, -0.25) is 4.79 Å². The predicted molar refractivity (Wildman–Crippen MR) is 94.1 cm³/mol. The number of hydrogen-bond donors (Lipinski definition) is 0. The third-order valence-corrected chi connectivity index (χ3v) is 4.73. The van der Waals surface area contributed by atoms with E-state index in [1.54, 1.807) is 17.4 Å². The molecule has 0 unspecified atom stereocenters. The van der Waals surface area contributed by atoms with Crippen molar-refractivity contribution in [1.82, 2.24) is 9.88 Å². The molecule has 6 nitrogen and oxygen atoms in total. The van der Waals surface area contributed by atoms with E-state index in [1.165, 1.54) is 18.4 Å². The van der Waals surface area contributed by atoms with Gasteiger partial charge in [0.2, 0.25) is 5.91 Å². The highest BCUT2D eigenvalue weighted by Crippen LogP contribution is 2.19. The van der Waals surface area contributed by atoms with Gasteiger partial charge >= 0.3 is 5.97 Å². The lowest BCUT2D eigenvalue weighted by atomic mass is 9.97. The molecule has 0 saturated heterocycles. The fraction of sp³-hybridized carbons (Fsp3) is 0.706. The van der Waals surface area contributed by atoms with Crippen LogP contribution in [0.3, 0.4) is 0 Å². The molecule has 1 amide bonds. The van der Waals surface area contributed by atoms with E-state index in [-0.39, 0.29) is 17.5 Å². The normalized spacial score (nSPS) is 12.0. The van der Waals surface area contributed by atoms with Crippen LogP contribution in [0.15, 0.2) is 5.38 Å². The monoisotopic (exact) mass is 356 g/mol. The molecule has 24 heavy (non-hydrogen) atoms. The highest BCUT2D eigenvalue weighted by molar-refractivity contribution is 7.09. The smallest absolute Gasteiger partial charge is 0.357 e. The summed E-state index contributed by atoms with van der Waals surface area (Å²) in [6.45, 7) is 5.57. The van der Waals surface area contributed by atoms with E-state index in [0.29, 0.717) is 19.7 Å². The van der Waals surface area contributed by atoms with Crippen molar-refractivity contribution in [2.45, 2.75) is 46.1 Å². The molecule has 0 aliphatic rings. The van der Waals surface area contributed by atoms with Gasteiger partial charge in [-0.25, -0.2) is 9.78 Å². The maximum atomic E-state index is 12.8. The van der Waals surface area contributed by atoms with Gasteiger partial charge in [0, 0.05) is 25.0 Å². The summed E-state index contributed by atoms with van der Waals surface area (Å²) in [6.07, 6.45) is 3.86. The Hall–Kier alpha value is -1.47. The SMILES string of the molecule is CCCC[C@@H](CC)C(=O)N(CCOC)Cc1nc(C(=O)OC)cs1. The predicted octanol–water partition coefficient (Wildman–Crippen LogP) is 3.12. The summed E-state index contributed by atoms with van der Waals surface area (Å²) >= 11 is 1.36. The zero-order chi connectivity index (χ0) is 17.9. The lowest BCUT2D eigenvalue weighted by Gasteiger charge is -2.26. The second-order valence-electron chi connectivity index (χ2n) is 5.62. The Morgan fingerprint density at radius 3 is 2.67 bits per heavy atom. The molecule has 0 spiro atoms. The Bertz CT molecular complexity index is 518. The molecular weight excluding hydrogens is 328 g/mol. The molecule has 136 valence electrons. The number of rotatable bonds is 11. The Morgan fingerprint density at radius 2 is 2.08 bits per heavy atom. The number of aromatic nitrogens is 1. The molecule has 1 aromatic heterocycles. The number of carbonyl (C=O) groups excluding carboxylic acids is 2. The van der Waals surface area contributed by atoms with Gasteiger partial charge in [0.05, 0.1) is 20.3 Å². The van der Waals surface area contributed by atoms with E-state index in [0.717, 1.165) is 30.7 Å². The molecule has 0 bridgehead atoms. The highest BCUT2D eigenvalue weighted by Gasteiger charge is 2.24. The molecule has 1 atom stereocenters. The van der Waals surface area contributed by atoms with Gasteiger partial charge < -0.3 is 14.4 Å². The van der Waals surface area contributed by atoms with Gasteiger partial charge in [-0.1, -0.05) is 26.7 Å². The van der Waals surface area contributed by atoms with Gasteiger partial charge in [-0.2, -0.15) is 0 Å². The van der Waals surface area contributed by atoms with Crippen LogP contribution < -0.4 is 0 Å². The summed E-state index contributed by atoms with van der Waals surface area (Å²) in [6, 6.07) is 0. The van der Waals surface area contributed by atoms with Crippen LogP contribution in [0.5, 0.6) is 0 Å². The highest BCUT2D eigenvalue weighted by atomic mass is 32.1. The molecule has 0 aliphatic heterocycles. The van der Waals surface area contributed by atoms with E-state index < -0.39 is 5.97 Å². The number of ether oxygens (including phenoxy) is 2. The Labute approximate surface area is 148 Å². The van der Waals surface area contributed by atoms with Crippen LogP contribution >= 0.6 is 11.3 Å². The van der Waals surface area contributed by atoms with E-state index in [2.05, 4.69) is 16.6 Å². The second kappa shape index (κ2) is 11.1. The van der Waals surface area contributed by atoms with Crippen molar-refractivity contribution in [2.75, 3.05) is 27.4 Å². The van der Waals surface area contributed by atoms with E-state index in [9.17, 15) is 9.59 Å². The van der Waals surface area contributed by atoms with Gasteiger partial charge in [-0.15, -0.1) is 11.3 Å². The Morgan fingerprint density at radius 1 is 1.33 bits per heavy atom. The van der Waals surface area contributed by atoms with Crippen molar-refractivity contribution in [2.24, 2.45) is 5.92 Å². The number of nitrogens with zero attached hydrogens (tertiary/aromatic N) is 2. The van der Waals surface area contributed by atoms with Crippen molar-refractivity contribution in [3.63, 3.8) is 0 Å². The van der Waals surface area contributed by atoms with Gasteiger partial charge in [0.1, 0.15) is 5.01 Å².